The lowest BCUT2D eigenvalue weighted by Gasteiger charge is -2.21. The SMILES string of the molecule is CCCCCC/C=C\C(CCCCCC)=C(/C)[Si](C)(C)C. The molecular formula is C20H40Si. The van der Waals surface area contributed by atoms with Crippen LogP contribution in [0.25, 0.3) is 0 Å². The minimum atomic E-state index is -1.14. The Balaban J connectivity index is 4.48. The van der Waals surface area contributed by atoms with E-state index in [1.165, 1.54) is 64.2 Å². The lowest BCUT2D eigenvalue weighted by molar-refractivity contribution is 0.665. The Kier molecular flexibility index (Phi) is 12.1. The van der Waals surface area contributed by atoms with Crippen molar-refractivity contribution in [1.29, 1.82) is 0 Å². The lowest BCUT2D eigenvalue weighted by Crippen LogP contribution is -2.23. The van der Waals surface area contributed by atoms with Crippen LogP contribution in [0.4, 0.5) is 0 Å². The number of unbranched alkanes of at least 4 members (excludes halogenated alkanes) is 7. The van der Waals surface area contributed by atoms with Crippen molar-refractivity contribution in [2.75, 3.05) is 0 Å². The van der Waals surface area contributed by atoms with Crippen LogP contribution in [0.2, 0.25) is 19.6 Å². The molecule has 0 N–H and O–H groups in total. The number of rotatable bonds is 12. The van der Waals surface area contributed by atoms with Crippen molar-refractivity contribution in [3.05, 3.63) is 22.9 Å². The smallest absolute Gasteiger partial charge is 0.0724 e. The highest BCUT2D eigenvalue weighted by molar-refractivity contribution is 6.83. The van der Waals surface area contributed by atoms with Crippen LogP contribution in [0.5, 0.6) is 0 Å². The minimum Gasteiger partial charge on any atom is -0.0843 e. The third-order valence-electron chi connectivity index (χ3n) is 4.45. The fraction of sp³-hybridized carbons (Fsp3) is 0.800. The first-order valence-electron chi connectivity index (χ1n) is 9.30. The predicted molar refractivity (Wildman–Crippen MR) is 103 cm³/mol. The maximum absolute atomic E-state index is 2.48. The molecule has 0 radical (unpaired) electrons. The van der Waals surface area contributed by atoms with Gasteiger partial charge in [-0.05, 0) is 32.6 Å². The van der Waals surface area contributed by atoms with Crippen molar-refractivity contribution >= 4 is 8.07 Å². The zero-order valence-corrected chi connectivity index (χ0v) is 16.7. The molecule has 0 spiro atoms. The molecule has 0 bridgehead atoms. The summed E-state index contributed by atoms with van der Waals surface area (Å²) >= 11 is 0. The molecule has 0 nitrogen and oxygen atoms in total. The van der Waals surface area contributed by atoms with Gasteiger partial charge in [0.25, 0.3) is 0 Å². The van der Waals surface area contributed by atoms with Crippen LogP contribution in [-0.2, 0) is 0 Å². The van der Waals surface area contributed by atoms with Gasteiger partial charge in [-0.1, -0.05) is 94.9 Å². The van der Waals surface area contributed by atoms with E-state index in [-0.39, 0.29) is 0 Å². The van der Waals surface area contributed by atoms with E-state index >= 15 is 0 Å². The van der Waals surface area contributed by atoms with Crippen LogP contribution in [0.3, 0.4) is 0 Å². The minimum absolute atomic E-state index is 1.14. The van der Waals surface area contributed by atoms with Gasteiger partial charge in [-0.15, -0.1) is 0 Å². The summed E-state index contributed by atoms with van der Waals surface area (Å²) in [7, 11) is -1.14. The van der Waals surface area contributed by atoms with Crippen molar-refractivity contribution < 1.29 is 0 Å². The van der Waals surface area contributed by atoms with Gasteiger partial charge in [0.05, 0.1) is 8.07 Å². The Labute approximate surface area is 136 Å². The second-order valence-electron chi connectivity index (χ2n) is 7.46. The largest absolute Gasteiger partial charge is 0.0843 e. The standard InChI is InChI=1S/C20H40Si/c1-7-9-11-13-14-16-18-20(17-15-12-10-8-2)19(3)21(4,5)6/h16,18H,7-15,17H2,1-6H3/b18-16-,20-19+. The van der Waals surface area contributed by atoms with E-state index in [9.17, 15) is 0 Å². The fourth-order valence-corrected chi connectivity index (χ4v) is 3.71. The summed E-state index contributed by atoms with van der Waals surface area (Å²) in [5, 5.41) is 1.71. The quantitative estimate of drug-likeness (QED) is 0.197. The predicted octanol–water partition coefficient (Wildman–Crippen LogP) is 7.68. The zero-order valence-electron chi connectivity index (χ0n) is 15.7. The van der Waals surface area contributed by atoms with Gasteiger partial charge >= 0.3 is 0 Å². The molecule has 0 saturated heterocycles. The molecule has 0 unspecified atom stereocenters. The summed E-state index contributed by atoms with van der Waals surface area (Å²) in [4.78, 5) is 0. The fourth-order valence-electron chi connectivity index (χ4n) is 2.53. The first-order valence-corrected chi connectivity index (χ1v) is 12.8. The van der Waals surface area contributed by atoms with Gasteiger partial charge in [-0.25, -0.2) is 0 Å². The average molecular weight is 309 g/mol. The lowest BCUT2D eigenvalue weighted by atomic mass is 10.0. The summed E-state index contributed by atoms with van der Waals surface area (Å²) < 4.78 is 0. The first-order chi connectivity index (χ1) is 9.93. The molecule has 21 heavy (non-hydrogen) atoms. The highest BCUT2D eigenvalue weighted by Gasteiger charge is 2.18. The molecule has 1 heteroatoms. The monoisotopic (exact) mass is 308 g/mol. The molecule has 0 saturated carbocycles. The van der Waals surface area contributed by atoms with E-state index in [2.05, 4.69) is 52.6 Å². The van der Waals surface area contributed by atoms with Crippen molar-refractivity contribution in [2.24, 2.45) is 0 Å². The van der Waals surface area contributed by atoms with Crippen molar-refractivity contribution in [2.45, 2.75) is 105 Å². The van der Waals surface area contributed by atoms with Gasteiger partial charge in [-0.2, -0.15) is 0 Å². The van der Waals surface area contributed by atoms with E-state index in [1.54, 1.807) is 10.8 Å². The normalized spacial score (nSPS) is 13.8. The Morgan fingerprint density at radius 2 is 1.38 bits per heavy atom. The third-order valence-corrected chi connectivity index (χ3v) is 7.02. The van der Waals surface area contributed by atoms with Gasteiger partial charge in [-0.3, -0.25) is 0 Å². The summed E-state index contributed by atoms with van der Waals surface area (Å²) in [5.74, 6) is 0. The van der Waals surface area contributed by atoms with Crippen molar-refractivity contribution in [3.8, 4) is 0 Å². The molecule has 0 aromatic carbocycles. The Morgan fingerprint density at radius 3 is 1.90 bits per heavy atom. The van der Waals surface area contributed by atoms with Gasteiger partial charge < -0.3 is 0 Å². The Morgan fingerprint density at radius 1 is 0.810 bits per heavy atom. The molecule has 0 aliphatic rings. The number of hydrogen-bond acceptors (Lipinski definition) is 0. The molecule has 0 fully saturated rings. The molecule has 0 rings (SSSR count). The number of hydrogen-bond donors (Lipinski definition) is 0. The van der Waals surface area contributed by atoms with Gasteiger partial charge in [0, 0.05) is 0 Å². The molecule has 0 amide bonds. The molecule has 124 valence electrons. The van der Waals surface area contributed by atoms with Gasteiger partial charge in [0.1, 0.15) is 0 Å². The highest BCUT2D eigenvalue weighted by Crippen LogP contribution is 2.23. The highest BCUT2D eigenvalue weighted by atomic mass is 28.3. The average Bonchev–Trinajstić information content (AvgIpc) is 2.43. The molecule has 0 aromatic rings. The second kappa shape index (κ2) is 12.3. The first kappa shape index (κ1) is 20.7. The summed E-state index contributed by atoms with van der Waals surface area (Å²) in [6, 6.07) is 0. The van der Waals surface area contributed by atoms with Gasteiger partial charge in [0.2, 0.25) is 0 Å². The molecule has 0 heterocycles. The maximum atomic E-state index is 2.48. The van der Waals surface area contributed by atoms with E-state index in [0.717, 1.165) is 0 Å². The molecule has 0 aliphatic heterocycles. The summed E-state index contributed by atoms with van der Waals surface area (Å²) in [5.41, 5.74) is 1.65. The van der Waals surface area contributed by atoms with E-state index in [0.29, 0.717) is 0 Å². The Bertz CT molecular complexity index is 304. The van der Waals surface area contributed by atoms with Crippen LogP contribution in [0, 0.1) is 0 Å². The molecule has 0 atom stereocenters. The van der Waals surface area contributed by atoms with Crippen LogP contribution >= 0.6 is 0 Å². The van der Waals surface area contributed by atoms with E-state index in [4.69, 9.17) is 0 Å². The molecule has 0 aliphatic carbocycles. The summed E-state index contributed by atoms with van der Waals surface area (Å²) in [6.45, 7) is 14.4. The van der Waals surface area contributed by atoms with Gasteiger partial charge in [0.15, 0.2) is 0 Å². The topological polar surface area (TPSA) is 0 Å². The van der Waals surface area contributed by atoms with E-state index < -0.39 is 8.07 Å². The van der Waals surface area contributed by atoms with Crippen molar-refractivity contribution in [3.63, 3.8) is 0 Å². The number of allylic oxidation sites excluding steroid dienone is 4. The third kappa shape index (κ3) is 11.0. The van der Waals surface area contributed by atoms with Crippen molar-refractivity contribution in [1.82, 2.24) is 0 Å². The maximum Gasteiger partial charge on any atom is 0.0724 e. The van der Waals surface area contributed by atoms with Crippen LogP contribution in [0.1, 0.15) is 85.0 Å². The zero-order chi connectivity index (χ0) is 16.1. The summed E-state index contributed by atoms with van der Waals surface area (Å²) in [6.07, 6.45) is 18.4. The second-order valence-corrected chi connectivity index (χ2v) is 12.7. The van der Waals surface area contributed by atoms with Crippen LogP contribution < -0.4 is 0 Å². The van der Waals surface area contributed by atoms with Crippen LogP contribution in [-0.4, -0.2) is 8.07 Å². The van der Waals surface area contributed by atoms with E-state index in [1.807, 2.05) is 0 Å². The molecular weight excluding hydrogens is 268 g/mol. The Hall–Kier alpha value is -0.303. The van der Waals surface area contributed by atoms with Crippen LogP contribution in [0.15, 0.2) is 22.9 Å². The molecule has 0 aromatic heterocycles.